The molecule has 0 atom stereocenters. The molecule has 1 aliphatic heterocycles. The molecule has 1 saturated carbocycles. The van der Waals surface area contributed by atoms with Crippen LogP contribution in [-0.4, -0.2) is 25.1 Å². The van der Waals surface area contributed by atoms with Gasteiger partial charge in [-0.05, 0) is 12.8 Å². The van der Waals surface area contributed by atoms with E-state index in [-0.39, 0.29) is 0 Å². The number of rotatable bonds is 1. The number of nitrogens with zero attached hydrogens (tertiary/aromatic N) is 1. The molecule has 0 aromatic rings. The first-order valence-electron chi connectivity index (χ1n) is 3.50. The Morgan fingerprint density at radius 3 is 3.00 bits per heavy atom. The first kappa shape index (κ1) is 5.09. The molecule has 0 aromatic heterocycles. The fourth-order valence-electron chi connectivity index (χ4n) is 0.916. The van der Waals surface area contributed by atoms with Gasteiger partial charge in [0.1, 0.15) is 0 Å². The summed E-state index contributed by atoms with van der Waals surface area (Å²) < 4.78 is 0. The molecule has 50 valence electrons. The van der Waals surface area contributed by atoms with Gasteiger partial charge in [0.25, 0.3) is 0 Å². The van der Waals surface area contributed by atoms with Crippen molar-refractivity contribution in [2.24, 2.45) is 4.99 Å². The summed E-state index contributed by atoms with van der Waals surface area (Å²) in [5.74, 6) is 1.01. The molecule has 3 heteroatoms. The van der Waals surface area contributed by atoms with Crippen LogP contribution in [0.3, 0.4) is 0 Å². The van der Waals surface area contributed by atoms with E-state index in [1.54, 1.807) is 0 Å². The zero-order chi connectivity index (χ0) is 6.10. The molecule has 0 spiro atoms. The summed E-state index contributed by atoms with van der Waals surface area (Å²) >= 11 is 0. The van der Waals surface area contributed by atoms with E-state index in [1.165, 1.54) is 12.8 Å². The van der Waals surface area contributed by atoms with E-state index >= 15 is 0 Å². The van der Waals surface area contributed by atoms with Gasteiger partial charge in [-0.25, -0.2) is 0 Å². The van der Waals surface area contributed by atoms with Crippen molar-refractivity contribution in [1.82, 2.24) is 10.6 Å². The molecule has 0 aromatic carbocycles. The van der Waals surface area contributed by atoms with Crippen molar-refractivity contribution in [2.45, 2.75) is 18.9 Å². The third-order valence-corrected chi connectivity index (χ3v) is 1.59. The normalized spacial score (nSPS) is 25.1. The van der Waals surface area contributed by atoms with Crippen molar-refractivity contribution < 1.29 is 0 Å². The maximum atomic E-state index is 4.21. The molecule has 2 N–H and O–H groups in total. The quantitative estimate of drug-likeness (QED) is 0.504. The molecule has 2 aliphatic rings. The van der Waals surface area contributed by atoms with Gasteiger partial charge in [-0.1, -0.05) is 0 Å². The van der Waals surface area contributed by atoms with Crippen molar-refractivity contribution in [2.75, 3.05) is 13.1 Å². The number of nitrogens with one attached hydrogen (secondary N) is 2. The van der Waals surface area contributed by atoms with Gasteiger partial charge in [-0.2, -0.15) is 0 Å². The van der Waals surface area contributed by atoms with Crippen LogP contribution < -0.4 is 10.6 Å². The summed E-state index contributed by atoms with van der Waals surface area (Å²) in [5, 5.41) is 6.46. The van der Waals surface area contributed by atoms with Crippen molar-refractivity contribution in [1.29, 1.82) is 0 Å². The third-order valence-electron chi connectivity index (χ3n) is 1.59. The summed E-state index contributed by atoms with van der Waals surface area (Å²) in [6.45, 7) is 1.95. The Labute approximate surface area is 54.5 Å². The van der Waals surface area contributed by atoms with Crippen molar-refractivity contribution in [3.8, 4) is 0 Å². The summed E-state index contributed by atoms with van der Waals surface area (Å²) in [4.78, 5) is 4.21. The average Bonchev–Trinajstić information content (AvgIpc) is 2.46. The SMILES string of the molecule is C1CNC(NC2CC2)=N1. The maximum absolute atomic E-state index is 4.21. The topological polar surface area (TPSA) is 36.4 Å². The fraction of sp³-hybridized carbons (Fsp3) is 0.833. The lowest BCUT2D eigenvalue weighted by Gasteiger charge is -2.01. The van der Waals surface area contributed by atoms with E-state index in [4.69, 9.17) is 0 Å². The smallest absolute Gasteiger partial charge is 0.191 e. The van der Waals surface area contributed by atoms with E-state index in [0.29, 0.717) is 0 Å². The lowest BCUT2D eigenvalue weighted by Crippen LogP contribution is -2.34. The van der Waals surface area contributed by atoms with Crippen molar-refractivity contribution >= 4 is 5.96 Å². The minimum atomic E-state index is 0.731. The predicted molar refractivity (Wildman–Crippen MR) is 36.5 cm³/mol. The molecule has 0 bridgehead atoms. The highest BCUT2D eigenvalue weighted by molar-refractivity contribution is 5.81. The highest BCUT2D eigenvalue weighted by Crippen LogP contribution is 2.18. The van der Waals surface area contributed by atoms with Gasteiger partial charge in [0.2, 0.25) is 0 Å². The van der Waals surface area contributed by atoms with Crippen molar-refractivity contribution in [3.05, 3.63) is 0 Å². The Kier molecular flexibility index (Phi) is 1.07. The van der Waals surface area contributed by atoms with Gasteiger partial charge in [0.15, 0.2) is 5.96 Å². The molecule has 0 unspecified atom stereocenters. The monoisotopic (exact) mass is 125 g/mol. The molecule has 3 nitrogen and oxygen atoms in total. The molecule has 9 heavy (non-hydrogen) atoms. The van der Waals surface area contributed by atoms with Gasteiger partial charge >= 0.3 is 0 Å². The Hall–Kier alpha value is -0.730. The van der Waals surface area contributed by atoms with E-state index in [2.05, 4.69) is 15.6 Å². The molecular formula is C6H11N3. The number of hydrogen-bond donors (Lipinski definition) is 2. The van der Waals surface area contributed by atoms with E-state index in [9.17, 15) is 0 Å². The average molecular weight is 125 g/mol. The van der Waals surface area contributed by atoms with E-state index in [0.717, 1.165) is 25.1 Å². The zero-order valence-electron chi connectivity index (χ0n) is 5.35. The lowest BCUT2D eigenvalue weighted by molar-refractivity contribution is 0.862. The van der Waals surface area contributed by atoms with Gasteiger partial charge in [-0.15, -0.1) is 0 Å². The Balaban J connectivity index is 1.82. The standard InChI is InChI=1S/C6H11N3/c1-2-5(1)9-6-7-3-4-8-6/h5H,1-4H2,(H2,7,8,9). The molecule has 1 fully saturated rings. The molecule has 0 amide bonds. The van der Waals surface area contributed by atoms with Gasteiger partial charge in [0.05, 0.1) is 6.54 Å². The molecular weight excluding hydrogens is 114 g/mol. The third kappa shape index (κ3) is 1.15. The summed E-state index contributed by atoms with van der Waals surface area (Å²) in [6.07, 6.45) is 2.64. The molecule has 1 aliphatic carbocycles. The molecule has 0 saturated heterocycles. The summed E-state index contributed by atoms with van der Waals surface area (Å²) in [7, 11) is 0. The number of guanidine groups is 1. The van der Waals surface area contributed by atoms with Crippen LogP contribution in [-0.2, 0) is 0 Å². The highest BCUT2D eigenvalue weighted by Gasteiger charge is 2.22. The largest absolute Gasteiger partial charge is 0.355 e. The molecule has 1 heterocycles. The van der Waals surface area contributed by atoms with Crippen LogP contribution in [0.25, 0.3) is 0 Å². The minimum Gasteiger partial charge on any atom is -0.355 e. The first-order chi connectivity index (χ1) is 4.45. The summed E-state index contributed by atoms with van der Waals surface area (Å²) in [5.41, 5.74) is 0. The lowest BCUT2D eigenvalue weighted by atomic mass is 10.7. The van der Waals surface area contributed by atoms with Crippen LogP contribution >= 0.6 is 0 Å². The summed E-state index contributed by atoms with van der Waals surface area (Å²) in [6, 6.07) is 0.731. The predicted octanol–water partition coefficient (Wildman–Crippen LogP) is -0.302. The second kappa shape index (κ2) is 1.90. The zero-order valence-corrected chi connectivity index (χ0v) is 5.35. The Morgan fingerprint density at radius 1 is 1.56 bits per heavy atom. The second-order valence-electron chi connectivity index (χ2n) is 2.58. The Bertz CT molecular complexity index is 137. The Morgan fingerprint density at radius 2 is 2.44 bits per heavy atom. The van der Waals surface area contributed by atoms with Crippen LogP contribution in [0.4, 0.5) is 0 Å². The second-order valence-corrected chi connectivity index (χ2v) is 2.58. The van der Waals surface area contributed by atoms with Gasteiger partial charge in [0, 0.05) is 12.6 Å². The van der Waals surface area contributed by atoms with Gasteiger partial charge in [-0.3, -0.25) is 4.99 Å². The van der Waals surface area contributed by atoms with Gasteiger partial charge < -0.3 is 10.6 Å². The molecule has 0 radical (unpaired) electrons. The maximum Gasteiger partial charge on any atom is 0.191 e. The number of hydrogen-bond acceptors (Lipinski definition) is 3. The fourth-order valence-corrected chi connectivity index (χ4v) is 0.916. The number of aliphatic imine (C=N–C) groups is 1. The van der Waals surface area contributed by atoms with Crippen LogP contribution in [0.5, 0.6) is 0 Å². The van der Waals surface area contributed by atoms with Crippen LogP contribution in [0.15, 0.2) is 4.99 Å². The highest BCUT2D eigenvalue weighted by atomic mass is 15.2. The van der Waals surface area contributed by atoms with Crippen molar-refractivity contribution in [3.63, 3.8) is 0 Å². The van der Waals surface area contributed by atoms with Crippen LogP contribution in [0, 0.1) is 0 Å². The van der Waals surface area contributed by atoms with Crippen LogP contribution in [0.1, 0.15) is 12.8 Å². The minimum absolute atomic E-state index is 0.731. The first-order valence-corrected chi connectivity index (χ1v) is 3.50. The van der Waals surface area contributed by atoms with Crippen LogP contribution in [0.2, 0.25) is 0 Å². The molecule has 2 rings (SSSR count). The van der Waals surface area contributed by atoms with E-state index in [1.807, 2.05) is 0 Å². The van der Waals surface area contributed by atoms with E-state index < -0.39 is 0 Å².